The second-order valence-electron chi connectivity index (χ2n) is 5.67. The first-order valence-corrected chi connectivity index (χ1v) is 6.96. The van der Waals surface area contributed by atoms with Crippen molar-refractivity contribution in [1.29, 1.82) is 0 Å². The van der Waals surface area contributed by atoms with E-state index in [4.69, 9.17) is 0 Å². The Labute approximate surface area is 116 Å². The summed E-state index contributed by atoms with van der Waals surface area (Å²) in [7, 11) is 0. The highest BCUT2D eigenvalue weighted by Gasteiger charge is 2.36. The molecule has 0 saturated heterocycles. The van der Waals surface area contributed by atoms with Crippen LogP contribution in [0.2, 0.25) is 0 Å². The first kappa shape index (κ1) is 13.8. The third kappa shape index (κ3) is 2.71. The van der Waals surface area contributed by atoms with Crippen LogP contribution in [0.25, 0.3) is 0 Å². The van der Waals surface area contributed by atoms with Gasteiger partial charge in [-0.3, -0.25) is 4.90 Å². The van der Waals surface area contributed by atoms with Crippen LogP contribution in [0.1, 0.15) is 27.7 Å². The largest absolute Gasteiger partial charge is 0.547 e. The Morgan fingerprint density at radius 3 is 2.58 bits per heavy atom. The monoisotopic (exact) mass is 260 g/mol. The van der Waals surface area contributed by atoms with Gasteiger partial charge in [0.1, 0.15) is 6.20 Å². The lowest BCUT2D eigenvalue weighted by Gasteiger charge is -2.35. The van der Waals surface area contributed by atoms with Crippen LogP contribution in [0.4, 0.5) is 0 Å². The molecule has 2 aliphatic rings. The van der Waals surface area contributed by atoms with E-state index in [0.29, 0.717) is 17.8 Å². The summed E-state index contributed by atoms with van der Waals surface area (Å²) < 4.78 is 0. The topological polar surface area (TPSA) is 27.9 Å². The van der Waals surface area contributed by atoms with Crippen LogP contribution < -0.4 is 4.90 Å². The molecule has 19 heavy (non-hydrogen) atoms. The SMILES string of the molecule is CC(C)N1C=C[NH+](C(C)C)C1/C(O)=C1/C=CC=C[CH-]1. The number of nitrogens with zero attached hydrogens (tertiary/aromatic N) is 1. The van der Waals surface area contributed by atoms with E-state index >= 15 is 0 Å². The smallest absolute Gasteiger partial charge is 0.193 e. The van der Waals surface area contributed by atoms with Crippen LogP contribution in [0.5, 0.6) is 0 Å². The molecule has 0 amide bonds. The summed E-state index contributed by atoms with van der Waals surface area (Å²) in [6.07, 6.45) is 14.0. The molecule has 2 atom stereocenters. The van der Waals surface area contributed by atoms with Gasteiger partial charge in [-0.25, -0.2) is 0 Å². The Morgan fingerprint density at radius 2 is 2.05 bits per heavy atom. The average molecular weight is 260 g/mol. The molecular weight excluding hydrogens is 236 g/mol. The van der Waals surface area contributed by atoms with Crippen LogP contribution in [0, 0.1) is 6.42 Å². The first-order chi connectivity index (χ1) is 9.02. The predicted molar refractivity (Wildman–Crippen MR) is 78.2 cm³/mol. The second-order valence-corrected chi connectivity index (χ2v) is 5.67. The van der Waals surface area contributed by atoms with Gasteiger partial charge in [-0.15, -0.1) is 36.3 Å². The number of allylic oxidation sites excluding steroid dienone is 5. The Hall–Kier alpha value is -1.61. The molecule has 0 spiro atoms. The van der Waals surface area contributed by atoms with E-state index in [2.05, 4.69) is 45.0 Å². The quantitative estimate of drug-likeness (QED) is 0.599. The van der Waals surface area contributed by atoms with E-state index in [1.54, 1.807) is 0 Å². The van der Waals surface area contributed by atoms with Crippen molar-refractivity contribution in [2.45, 2.75) is 45.9 Å². The van der Waals surface area contributed by atoms with Crippen LogP contribution >= 0.6 is 0 Å². The van der Waals surface area contributed by atoms with Gasteiger partial charge in [0.2, 0.25) is 0 Å². The van der Waals surface area contributed by atoms with Gasteiger partial charge in [0.05, 0.1) is 18.0 Å². The lowest BCUT2D eigenvalue weighted by Crippen LogP contribution is -3.14. The fourth-order valence-corrected chi connectivity index (χ4v) is 2.57. The number of quaternary nitrogens is 1. The number of hydrogen-bond acceptors (Lipinski definition) is 2. The van der Waals surface area contributed by atoms with Gasteiger partial charge in [0, 0.05) is 6.04 Å². The minimum Gasteiger partial charge on any atom is -0.547 e. The maximum Gasteiger partial charge on any atom is 0.193 e. The second kappa shape index (κ2) is 5.57. The molecule has 0 saturated carbocycles. The molecule has 1 aliphatic carbocycles. The van der Waals surface area contributed by atoms with Crippen molar-refractivity contribution in [1.82, 2.24) is 4.90 Å². The highest BCUT2D eigenvalue weighted by Crippen LogP contribution is 2.20. The number of rotatable bonds is 3. The van der Waals surface area contributed by atoms with Crippen molar-refractivity contribution >= 4 is 0 Å². The Kier molecular flexibility index (Phi) is 4.05. The predicted octanol–water partition coefficient (Wildman–Crippen LogP) is 1.94. The minimum absolute atomic E-state index is 0.0256. The number of hydrogen-bond donors (Lipinski definition) is 2. The molecule has 3 nitrogen and oxygen atoms in total. The third-order valence-electron chi connectivity index (χ3n) is 3.64. The molecule has 0 aromatic heterocycles. The molecule has 2 N–H and O–H groups in total. The summed E-state index contributed by atoms with van der Waals surface area (Å²) in [4.78, 5) is 3.49. The van der Waals surface area contributed by atoms with Gasteiger partial charge in [-0.05, 0) is 27.7 Å². The molecule has 104 valence electrons. The fourth-order valence-electron chi connectivity index (χ4n) is 2.57. The van der Waals surface area contributed by atoms with Gasteiger partial charge in [0.15, 0.2) is 6.17 Å². The number of nitrogens with one attached hydrogen (secondary N) is 1. The van der Waals surface area contributed by atoms with E-state index in [1.165, 1.54) is 4.90 Å². The van der Waals surface area contributed by atoms with Gasteiger partial charge >= 0.3 is 0 Å². The summed E-state index contributed by atoms with van der Waals surface area (Å²) in [5.41, 5.74) is 0.903. The molecule has 0 aromatic rings. The maximum absolute atomic E-state index is 10.7. The molecule has 2 unspecified atom stereocenters. The molecule has 1 aliphatic heterocycles. The van der Waals surface area contributed by atoms with Gasteiger partial charge in [0.25, 0.3) is 0 Å². The van der Waals surface area contributed by atoms with Gasteiger partial charge in [-0.2, -0.15) is 0 Å². The molecule has 0 fully saturated rings. The Bertz CT molecular complexity index is 426. The average Bonchev–Trinajstić information content (AvgIpc) is 2.83. The molecule has 0 bridgehead atoms. The standard InChI is InChI=1S/C16H23N2O/c1-12(2)17-10-11-18(13(3)4)16(17)15(19)14-8-6-5-7-9-14/h5-13,16,19H,1-4H3/q-1/p+1. The minimum atomic E-state index is -0.0256. The van der Waals surface area contributed by atoms with Crippen molar-refractivity contribution in [3.8, 4) is 0 Å². The molecule has 0 aromatic carbocycles. The first-order valence-electron chi connectivity index (χ1n) is 6.96. The van der Waals surface area contributed by atoms with Gasteiger partial charge in [-0.1, -0.05) is 0 Å². The van der Waals surface area contributed by atoms with Crippen LogP contribution in [0.15, 0.2) is 48.0 Å². The molecule has 0 radical (unpaired) electrons. The van der Waals surface area contributed by atoms with E-state index < -0.39 is 0 Å². The van der Waals surface area contributed by atoms with E-state index in [9.17, 15) is 5.11 Å². The van der Waals surface area contributed by atoms with Crippen molar-refractivity contribution in [2.24, 2.45) is 0 Å². The zero-order valence-electron chi connectivity index (χ0n) is 12.2. The maximum atomic E-state index is 10.7. The van der Waals surface area contributed by atoms with Crippen LogP contribution in [-0.4, -0.2) is 28.3 Å². The van der Waals surface area contributed by atoms with Crippen molar-refractivity contribution in [3.63, 3.8) is 0 Å². The molecule has 1 heterocycles. The Balaban J connectivity index is 2.32. The van der Waals surface area contributed by atoms with Crippen molar-refractivity contribution in [2.75, 3.05) is 0 Å². The highest BCUT2D eigenvalue weighted by atomic mass is 16.3. The Morgan fingerprint density at radius 1 is 1.32 bits per heavy atom. The summed E-state index contributed by atoms with van der Waals surface area (Å²) in [5.74, 6) is 0.447. The lowest BCUT2D eigenvalue weighted by atomic mass is 10.0. The third-order valence-corrected chi connectivity index (χ3v) is 3.64. The number of aliphatic hydroxyl groups excluding tert-OH is 1. The summed E-state index contributed by atoms with van der Waals surface area (Å²) in [5, 5.41) is 10.7. The summed E-state index contributed by atoms with van der Waals surface area (Å²) in [6.45, 7) is 8.65. The zero-order valence-corrected chi connectivity index (χ0v) is 12.2. The molecule has 2 rings (SSSR count). The van der Waals surface area contributed by atoms with Gasteiger partial charge < -0.3 is 10.0 Å². The van der Waals surface area contributed by atoms with Crippen molar-refractivity contribution in [3.05, 3.63) is 54.5 Å². The van der Waals surface area contributed by atoms with Crippen LogP contribution in [0.3, 0.4) is 0 Å². The normalized spacial score (nSPS) is 28.4. The lowest BCUT2D eigenvalue weighted by molar-refractivity contribution is -0.895. The molecule has 3 heteroatoms. The van der Waals surface area contributed by atoms with E-state index in [0.717, 1.165) is 5.57 Å². The number of aliphatic hydroxyl groups is 1. The van der Waals surface area contributed by atoms with Crippen LogP contribution in [-0.2, 0) is 0 Å². The fraction of sp³-hybridized carbons (Fsp3) is 0.438. The summed E-state index contributed by atoms with van der Waals surface area (Å²) >= 11 is 0. The van der Waals surface area contributed by atoms with E-state index in [1.807, 2.05) is 30.7 Å². The zero-order chi connectivity index (χ0) is 14.0. The van der Waals surface area contributed by atoms with E-state index in [-0.39, 0.29) is 6.17 Å². The summed E-state index contributed by atoms with van der Waals surface area (Å²) in [6, 6.07) is 0.791. The molecular formula is C16H24N2O. The van der Waals surface area contributed by atoms with Crippen molar-refractivity contribution < 1.29 is 10.0 Å². The highest BCUT2D eigenvalue weighted by molar-refractivity contribution is 5.41.